The molecule has 1 fully saturated rings. The molecule has 1 saturated heterocycles. The van der Waals surface area contributed by atoms with Crippen LogP contribution in [0.25, 0.3) is 11.3 Å². The van der Waals surface area contributed by atoms with Gasteiger partial charge in [-0.05, 0) is 12.1 Å². The minimum atomic E-state index is -4.20. The second-order valence-electron chi connectivity index (χ2n) is 5.76. The predicted octanol–water partition coefficient (Wildman–Crippen LogP) is 3.52. The molecule has 5 nitrogen and oxygen atoms in total. The van der Waals surface area contributed by atoms with E-state index < -0.39 is 12.7 Å². The first kappa shape index (κ1) is 17.7. The zero-order valence-electron chi connectivity index (χ0n) is 13.3. The summed E-state index contributed by atoms with van der Waals surface area (Å²) in [6.45, 7) is 0.0591. The summed E-state index contributed by atoms with van der Waals surface area (Å²) in [5.74, 6) is 0. The van der Waals surface area contributed by atoms with E-state index >= 15 is 0 Å². The fourth-order valence-corrected chi connectivity index (χ4v) is 3.21. The molecule has 1 N–H and O–H groups in total. The van der Waals surface area contributed by atoms with Crippen molar-refractivity contribution in [1.29, 1.82) is 0 Å². The minimum absolute atomic E-state index is 0.218. The molecule has 0 unspecified atom stereocenters. The lowest BCUT2D eigenvalue weighted by molar-refractivity contribution is -0.148. The van der Waals surface area contributed by atoms with Crippen LogP contribution in [0.15, 0.2) is 35.2 Å². The van der Waals surface area contributed by atoms with Gasteiger partial charge in [-0.1, -0.05) is 12.1 Å². The molecule has 0 saturated carbocycles. The molecule has 0 atom stereocenters. The Balaban J connectivity index is 1.51. The number of halogens is 3. The van der Waals surface area contributed by atoms with Crippen molar-refractivity contribution < 1.29 is 18.0 Å². The number of rotatable bonds is 3. The van der Waals surface area contributed by atoms with Crippen molar-refractivity contribution >= 4 is 23.1 Å². The zero-order chi connectivity index (χ0) is 17.9. The van der Waals surface area contributed by atoms with Gasteiger partial charge in [0.15, 0.2) is 0 Å². The van der Waals surface area contributed by atoms with E-state index in [-0.39, 0.29) is 32.2 Å². The SMILES string of the molecule is O=C(Nc1ccc(-c2cscn2)cc1)N1CCN(CC(F)(F)F)CC1. The molecule has 0 bridgehead atoms. The fraction of sp³-hybridized carbons (Fsp3) is 0.375. The van der Waals surface area contributed by atoms with Gasteiger partial charge in [0.05, 0.1) is 17.7 Å². The van der Waals surface area contributed by atoms with Crippen molar-refractivity contribution in [1.82, 2.24) is 14.8 Å². The minimum Gasteiger partial charge on any atom is -0.322 e. The van der Waals surface area contributed by atoms with Crippen molar-refractivity contribution in [3.8, 4) is 11.3 Å². The third kappa shape index (κ3) is 4.93. The molecular formula is C16H17F3N4OS. The van der Waals surface area contributed by atoms with E-state index in [9.17, 15) is 18.0 Å². The number of benzene rings is 1. The number of carbonyl (C=O) groups is 1. The maximum absolute atomic E-state index is 12.4. The zero-order valence-corrected chi connectivity index (χ0v) is 14.1. The molecule has 25 heavy (non-hydrogen) atoms. The predicted molar refractivity (Wildman–Crippen MR) is 90.6 cm³/mol. The number of hydrogen-bond acceptors (Lipinski definition) is 4. The summed E-state index contributed by atoms with van der Waals surface area (Å²) >= 11 is 1.51. The molecule has 1 aliphatic heterocycles. The highest BCUT2D eigenvalue weighted by Gasteiger charge is 2.32. The van der Waals surface area contributed by atoms with Crippen LogP contribution in [-0.2, 0) is 0 Å². The Morgan fingerprint density at radius 2 is 1.84 bits per heavy atom. The molecule has 2 heterocycles. The lowest BCUT2D eigenvalue weighted by Gasteiger charge is -2.34. The number of nitrogens with zero attached hydrogens (tertiary/aromatic N) is 3. The Labute approximate surface area is 147 Å². The second kappa shape index (κ2) is 7.40. The summed E-state index contributed by atoms with van der Waals surface area (Å²) in [7, 11) is 0. The number of piperazine rings is 1. The number of amides is 2. The molecular weight excluding hydrogens is 353 g/mol. The van der Waals surface area contributed by atoms with Crippen LogP contribution in [0.3, 0.4) is 0 Å². The van der Waals surface area contributed by atoms with Gasteiger partial charge in [0.2, 0.25) is 0 Å². The van der Waals surface area contributed by atoms with E-state index in [1.807, 2.05) is 17.5 Å². The largest absolute Gasteiger partial charge is 0.401 e. The average Bonchev–Trinajstić information content (AvgIpc) is 3.09. The Hall–Kier alpha value is -2.13. The van der Waals surface area contributed by atoms with Gasteiger partial charge >= 0.3 is 12.2 Å². The van der Waals surface area contributed by atoms with Crippen LogP contribution in [0.4, 0.5) is 23.7 Å². The molecule has 2 amide bonds. The Bertz CT molecular complexity index is 695. The third-order valence-corrected chi connectivity index (χ3v) is 4.51. The highest BCUT2D eigenvalue weighted by atomic mass is 32.1. The second-order valence-corrected chi connectivity index (χ2v) is 6.48. The lowest BCUT2D eigenvalue weighted by atomic mass is 10.1. The highest BCUT2D eigenvalue weighted by Crippen LogP contribution is 2.21. The van der Waals surface area contributed by atoms with Crippen LogP contribution in [-0.4, -0.2) is 59.7 Å². The number of carbonyl (C=O) groups excluding carboxylic acids is 1. The molecule has 0 aliphatic carbocycles. The van der Waals surface area contributed by atoms with E-state index in [1.165, 1.54) is 21.1 Å². The molecule has 1 aliphatic rings. The third-order valence-electron chi connectivity index (χ3n) is 3.93. The average molecular weight is 370 g/mol. The number of hydrogen-bond donors (Lipinski definition) is 1. The van der Waals surface area contributed by atoms with Gasteiger partial charge in [-0.2, -0.15) is 13.2 Å². The number of urea groups is 1. The van der Waals surface area contributed by atoms with E-state index in [0.29, 0.717) is 5.69 Å². The monoisotopic (exact) mass is 370 g/mol. The molecule has 3 rings (SSSR count). The molecule has 0 radical (unpaired) electrons. The topological polar surface area (TPSA) is 48.5 Å². The summed E-state index contributed by atoms with van der Waals surface area (Å²) in [5, 5.41) is 4.71. The summed E-state index contributed by atoms with van der Waals surface area (Å²) in [4.78, 5) is 19.3. The number of thiazole rings is 1. The van der Waals surface area contributed by atoms with Gasteiger partial charge in [0, 0.05) is 42.8 Å². The van der Waals surface area contributed by atoms with Crippen LogP contribution < -0.4 is 5.32 Å². The summed E-state index contributed by atoms with van der Waals surface area (Å²) in [6, 6.07) is 7.00. The Morgan fingerprint density at radius 3 is 2.40 bits per heavy atom. The standard InChI is InChI=1S/C16H17F3N4OS/c17-16(18,19)10-22-5-7-23(8-6-22)15(24)21-13-3-1-12(2-4-13)14-9-25-11-20-14/h1-4,9,11H,5-8,10H2,(H,21,24). The molecule has 9 heteroatoms. The van der Waals surface area contributed by atoms with Crippen molar-refractivity contribution in [2.24, 2.45) is 0 Å². The van der Waals surface area contributed by atoms with Crippen LogP contribution >= 0.6 is 11.3 Å². The van der Waals surface area contributed by atoms with Gasteiger partial charge in [0.1, 0.15) is 0 Å². The fourth-order valence-electron chi connectivity index (χ4n) is 2.64. The highest BCUT2D eigenvalue weighted by molar-refractivity contribution is 7.07. The van der Waals surface area contributed by atoms with E-state index in [2.05, 4.69) is 10.3 Å². The number of alkyl halides is 3. The quantitative estimate of drug-likeness (QED) is 0.899. The van der Waals surface area contributed by atoms with E-state index in [0.717, 1.165) is 11.3 Å². The lowest BCUT2D eigenvalue weighted by Crippen LogP contribution is -2.51. The van der Waals surface area contributed by atoms with Gasteiger partial charge in [-0.15, -0.1) is 11.3 Å². The Kier molecular flexibility index (Phi) is 5.24. The molecule has 134 valence electrons. The van der Waals surface area contributed by atoms with Gasteiger partial charge in [-0.25, -0.2) is 9.78 Å². The van der Waals surface area contributed by atoms with Crippen LogP contribution in [0.1, 0.15) is 0 Å². The number of nitrogens with one attached hydrogen (secondary N) is 1. The number of anilines is 1. The van der Waals surface area contributed by atoms with Crippen molar-refractivity contribution in [2.45, 2.75) is 6.18 Å². The summed E-state index contributed by atoms with van der Waals surface area (Å²) < 4.78 is 37.1. The molecule has 0 spiro atoms. The molecule has 1 aromatic carbocycles. The maximum atomic E-state index is 12.4. The van der Waals surface area contributed by atoms with Gasteiger partial charge in [-0.3, -0.25) is 4.90 Å². The van der Waals surface area contributed by atoms with E-state index in [1.54, 1.807) is 17.6 Å². The molecule has 2 aromatic rings. The van der Waals surface area contributed by atoms with Crippen molar-refractivity contribution in [3.05, 3.63) is 35.2 Å². The van der Waals surface area contributed by atoms with Crippen molar-refractivity contribution in [2.75, 3.05) is 38.0 Å². The maximum Gasteiger partial charge on any atom is 0.401 e. The smallest absolute Gasteiger partial charge is 0.322 e. The summed E-state index contributed by atoms with van der Waals surface area (Å²) in [5.41, 5.74) is 4.23. The van der Waals surface area contributed by atoms with Crippen molar-refractivity contribution in [3.63, 3.8) is 0 Å². The van der Waals surface area contributed by atoms with Crippen LogP contribution in [0, 0.1) is 0 Å². The molecule has 1 aromatic heterocycles. The van der Waals surface area contributed by atoms with Crippen LogP contribution in [0.5, 0.6) is 0 Å². The summed E-state index contributed by atoms with van der Waals surface area (Å²) in [6.07, 6.45) is -4.20. The van der Waals surface area contributed by atoms with Gasteiger partial charge < -0.3 is 10.2 Å². The normalized spacial score (nSPS) is 16.0. The Morgan fingerprint density at radius 1 is 1.16 bits per heavy atom. The van der Waals surface area contributed by atoms with Gasteiger partial charge in [0.25, 0.3) is 0 Å². The first-order valence-corrected chi connectivity index (χ1v) is 8.69. The van der Waals surface area contributed by atoms with E-state index in [4.69, 9.17) is 0 Å². The van der Waals surface area contributed by atoms with Crippen LogP contribution in [0.2, 0.25) is 0 Å². The number of aromatic nitrogens is 1. The first-order chi connectivity index (χ1) is 11.9. The first-order valence-electron chi connectivity index (χ1n) is 7.74.